The summed E-state index contributed by atoms with van der Waals surface area (Å²) in [5, 5.41) is 0. The van der Waals surface area contributed by atoms with Gasteiger partial charge in [-0.2, -0.15) is 0 Å². The molecule has 0 heteroatoms. The van der Waals surface area contributed by atoms with Crippen LogP contribution in [0.1, 0.15) is 22.3 Å². The normalized spacial score (nSPS) is 11.9. The Labute approximate surface area is 161 Å². The van der Waals surface area contributed by atoms with E-state index in [9.17, 15) is 0 Å². The Hall–Kier alpha value is -3.12. The first-order chi connectivity index (χ1) is 13.2. The Morgan fingerprint density at radius 1 is 0.556 bits per heavy atom. The van der Waals surface area contributed by atoms with Crippen molar-refractivity contribution >= 4 is 0 Å². The van der Waals surface area contributed by atoms with Crippen LogP contribution in [0, 0.1) is 13.8 Å². The molecule has 4 aromatic carbocycles. The maximum Gasteiger partial charge on any atom is -0.000706 e. The molecule has 1 aliphatic rings. The first-order valence-corrected chi connectivity index (χ1v) is 9.59. The molecular weight excluding hydrogens is 324 g/mol. The lowest BCUT2D eigenvalue weighted by Gasteiger charge is -2.17. The van der Waals surface area contributed by atoms with Gasteiger partial charge in [0.1, 0.15) is 0 Å². The third-order valence-electron chi connectivity index (χ3n) is 5.62. The van der Waals surface area contributed by atoms with E-state index in [-0.39, 0.29) is 0 Å². The number of fused-ring (bicyclic) bond motifs is 3. The van der Waals surface area contributed by atoms with Crippen molar-refractivity contribution in [1.82, 2.24) is 0 Å². The van der Waals surface area contributed by atoms with Crippen molar-refractivity contribution in [1.29, 1.82) is 0 Å². The van der Waals surface area contributed by atoms with Gasteiger partial charge in [-0.3, -0.25) is 0 Å². The summed E-state index contributed by atoms with van der Waals surface area (Å²) in [7, 11) is 0. The Morgan fingerprint density at radius 3 is 2.00 bits per heavy atom. The molecule has 0 unspecified atom stereocenters. The molecule has 4 aromatic rings. The molecule has 0 aromatic heterocycles. The largest absolute Gasteiger partial charge is 0.0619 e. The van der Waals surface area contributed by atoms with Crippen molar-refractivity contribution in [3.05, 3.63) is 107 Å². The first-order valence-electron chi connectivity index (χ1n) is 9.59. The zero-order chi connectivity index (χ0) is 18.4. The van der Waals surface area contributed by atoms with E-state index < -0.39 is 0 Å². The van der Waals surface area contributed by atoms with Gasteiger partial charge in [0.05, 0.1) is 0 Å². The van der Waals surface area contributed by atoms with Gasteiger partial charge in [-0.15, -0.1) is 0 Å². The van der Waals surface area contributed by atoms with Gasteiger partial charge in [0.25, 0.3) is 0 Å². The topological polar surface area (TPSA) is 0 Å². The number of rotatable bonds is 2. The fourth-order valence-electron chi connectivity index (χ4n) is 4.39. The summed E-state index contributed by atoms with van der Waals surface area (Å²) >= 11 is 0. The maximum atomic E-state index is 2.32. The van der Waals surface area contributed by atoms with Gasteiger partial charge in [-0.1, -0.05) is 96.1 Å². The number of hydrogen-bond acceptors (Lipinski definition) is 0. The van der Waals surface area contributed by atoms with Crippen LogP contribution in [0.4, 0.5) is 0 Å². The highest BCUT2D eigenvalue weighted by atomic mass is 14.3. The summed E-state index contributed by atoms with van der Waals surface area (Å²) < 4.78 is 0. The molecule has 0 aliphatic heterocycles. The predicted octanol–water partition coefficient (Wildman–Crippen LogP) is 7.21. The van der Waals surface area contributed by atoms with Crippen LogP contribution in [0.15, 0.2) is 84.9 Å². The molecular formula is C27H22. The summed E-state index contributed by atoms with van der Waals surface area (Å²) in [6.45, 7) is 4.34. The summed E-state index contributed by atoms with van der Waals surface area (Å²) in [4.78, 5) is 0. The quantitative estimate of drug-likeness (QED) is 0.317. The van der Waals surface area contributed by atoms with Crippen molar-refractivity contribution in [2.24, 2.45) is 0 Å². The van der Waals surface area contributed by atoms with Gasteiger partial charge in [-0.25, -0.2) is 0 Å². The van der Waals surface area contributed by atoms with Crippen LogP contribution in [0.25, 0.3) is 33.4 Å². The monoisotopic (exact) mass is 346 g/mol. The van der Waals surface area contributed by atoms with E-state index in [1.807, 2.05) is 0 Å². The molecule has 0 heterocycles. The lowest BCUT2D eigenvalue weighted by Crippen LogP contribution is -1.93. The SMILES string of the molecule is Cc1cccc(-c2ccc3c(c2-c2cccc(C)c2)Cc2ccccc2-3)c1. The third kappa shape index (κ3) is 2.69. The molecule has 130 valence electrons. The number of hydrogen-bond donors (Lipinski definition) is 0. The Balaban J connectivity index is 1.82. The van der Waals surface area contributed by atoms with Gasteiger partial charge in [-0.05, 0) is 64.8 Å². The fraction of sp³-hybridized carbons (Fsp3) is 0.111. The Bertz CT molecular complexity index is 1160. The van der Waals surface area contributed by atoms with E-state index in [4.69, 9.17) is 0 Å². The fourth-order valence-corrected chi connectivity index (χ4v) is 4.39. The summed E-state index contributed by atoms with van der Waals surface area (Å²) in [5.74, 6) is 0. The highest BCUT2D eigenvalue weighted by Crippen LogP contribution is 2.46. The zero-order valence-corrected chi connectivity index (χ0v) is 15.8. The van der Waals surface area contributed by atoms with Gasteiger partial charge in [0.2, 0.25) is 0 Å². The molecule has 0 spiro atoms. The van der Waals surface area contributed by atoms with Crippen LogP contribution < -0.4 is 0 Å². The number of benzene rings is 4. The molecule has 0 N–H and O–H groups in total. The van der Waals surface area contributed by atoms with Crippen molar-refractivity contribution in [2.75, 3.05) is 0 Å². The van der Waals surface area contributed by atoms with Crippen molar-refractivity contribution in [3.8, 4) is 33.4 Å². The summed E-state index contributed by atoms with van der Waals surface area (Å²) in [5.41, 5.74) is 13.6. The predicted molar refractivity (Wildman–Crippen MR) is 115 cm³/mol. The van der Waals surface area contributed by atoms with Crippen LogP contribution in [-0.4, -0.2) is 0 Å². The van der Waals surface area contributed by atoms with E-state index in [0.717, 1.165) is 6.42 Å². The lowest BCUT2D eigenvalue weighted by atomic mass is 9.87. The smallest absolute Gasteiger partial charge is 0.000706 e. The van der Waals surface area contributed by atoms with Crippen LogP contribution in [0.3, 0.4) is 0 Å². The third-order valence-corrected chi connectivity index (χ3v) is 5.62. The van der Waals surface area contributed by atoms with E-state index >= 15 is 0 Å². The Morgan fingerprint density at radius 2 is 1.22 bits per heavy atom. The van der Waals surface area contributed by atoms with E-state index in [0.29, 0.717) is 0 Å². The van der Waals surface area contributed by atoms with Gasteiger partial charge in [0.15, 0.2) is 0 Å². The molecule has 0 saturated heterocycles. The van der Waals surface area contributed by atoms with Crippen LogP contribution in [0.5, 0.6) is 0 Å². The second-order valence-corrected chi connectivity index (χ2v) is 7.59. The van der Waals surface area contributed by atoms with Gasteiger partial charge < -0.3 is 0 Å². The minimum absolute atomic E-state index is 1.01. The van der Waals surface area contributed by atoms with E-state index in [2.05, 4.69) is 98.8 Å². The van der Waals surface area contributed by atoms with Gasteiger partial charge in [0, 0.05) is 0 Å². The Kier molecular flexibility index (Phi) is 3.72. The molecule has 0 atom stereocenters. The minimum Gasteiger partial charge on any atom is -0.0619 e. The van der Waals surface area contributed by atoms with E-state index in [1.165, 1.54) is 55.6 Å². The van der Waals surface area contributed by atoms with Gasteiger partial charge >= 0.3 is 0 Å². The second kappa shape index (κ2) is 6.25. The molecule has 5 rings (SSSR count). The average molecular weight is 346 g/mol. The van der Waals surface area contributed by atoms with Crippen molar-refractivity contribution < 1.29 is 0 Å². The van der Waals surface area contributed by atoms with E-state index in [1.54, 1.807) is 0 Å². The maximum absolute atomic E-state index is 2.32. The summed E-state index contributed by atoms with van der Waals surface area (Å²) in [6.07, 6.45) is 1.01. The second-order valence-electron chi connectivity index (χ2n) is 7.59. The molecule has 0 nitrogen and oxygen atoms in total. The molecule has 0 bridgehead atoms. The first kappa shape index (κ1) is 16.1. The number of aryl methyl sites for hydroxylation is 2. The molecule has 0 fully saturated rings. The summed E-state index contributed by atoms with van der Waals surface area (Å²) in [6, 6.07) is 31.2. The molecule has 0 amide bonds. The minimum atomic E-state index is 1.01. The lowest BCUT2D eigenvalue weighted by molar-refractivity contribution is 1.26. The molecule has 0 radical (unpaired) electrons. The standard InChI is InChI=1S/C27H22/c1-18-7-5-10-20(15-18)24-13-14-25-23-12-4-3-9-21(23)17-26(25)27(24)22-11-6-8-19(2)16-22/h3-16H,17H2,1-2H3. The highest BCUT2D eigenvalue weighted by molar-refractivity contribution is 5.93. The van der Waals surface area contributed by atoms with Crippen LogP contribution >= 0.6 is 0 Å². The van der Waals surface area contributed by atoms with Crippen molar-refractivity contribution in [3.63, 3.8) is 0 Å². The van der Waals surface area contributed by atoms with Crippen LogP contribution in [0.2, 0.25) is 0 Å². The zero-order valence-electron chi connectivity index (χ0n) is 15.8. The molecule has 0 saturated carbocycles. The van der Waals surface area contributed by atoms with Crippen molar-refractivity contribution in [2.45, 2.75) is 20.3 Å². The molecule has 1 aliphatic carbocycles. The average Bonchev–Trinajstić information content (AvgIpc) is 3.06. The van der Waals surface area contributed by atoms with Crippen LogP contribution in [-0.2, 0) is 6.42 Å². The highest BCUT2D eigenvalue weighted by Gasteiger charge is 2.24. The molecule has 27 heavy (non-hydrogen) atoms.